The average molecular weight is 235 g/mol. The normalized spacial score (nSPS) is 21.6. The molecule has 2 rings (SSSR count). The van der Waals surface area contributed by atoms with Crippen LogP contribution in [0.5, 0.6) is 0 Å². The maximum absolute atomic E-state index is 5.93. The lowest BCUT2D eigenvalue weighted by molar-refractivity contribution is 0.0954. The molecule has 2 atom stereocenters. The molecule has 0 saturated carbocycles. The molecule has 0 bridgehead atoms. The van der Waals surface area contributed by atoms with Crippen LogP contribution in [0.15, 0.2) is 18.5 Å². The number of pyridine rings is 1. The number of nitrogens with two attached hydrogens (primary N) is 1. The zero-order chi connectivity index (χ0) is 12.1. The molecule has 1 aromatic rings. The summed E-state index contributed by atoms with van der Waals surface area (Å²) in [7, 11) is 1.99. The van der Waals surface area contributed by atoms with Gasteiger partial charge in [-0.2, -0.15) is 0 Å². The van der Waals surface area contributed by atoms with E-state index in [0.717, 1.165) is 30.7 Å². The Morgan fingerprint density at radius 2 is 2.53 bits per heavy atom. The summed E-state index contributed by atoms with van der Waals surface area (Å²) < 4.78 is 5.67. The highest BCUT2D eigenvalue weighted by atomic mass is 16.5. The molecule has 1 saturated heterocycles. The standard InChI is InChI=1S/C13H21N3O/c1-15-11(8-12-3-2-6-17-12)7-10-9-16-5-4-13(10)14/h4-5,9,11-12,15H,2-3,6-8H2,1H3,(H2,14,16). The first kappa shape index (κ1) is 12.3. The Morgan fingerprint density at radius 3 is 3.18 bits per heavy atom. The maximum Gasteiger partial charge on any atom is 0.0590 e. The second-order valence-corrected chi connectivity index (χ2v) is 4.63. The van der Waals surface area contributed by atoms with Gasteiger partial charge in [-0.25, -0.2) is 0 Å². The molecule has 1 aromatic heterocycles. The van der Waals surface area contributed by atoms with Crippen LogP contribution in [0.2, 0.25) is 0 Å². The molecule has 94 valence electrons. The Bertz CT molecular complexity index is 350. The quantitative estimate of drug-likeness (QED) is 0.809. The van der Waals surface area contributed by atoms with Gasteiger partial charge in [-0.1, -0.05) is 0 Å². The van der Waals surface area contributed by atoms with E-state index in [2.05, 4.69) is 10.3 Å². The van der Waals surface area contributed by atoms with Crippen LogP contribution in [0.4, 0.5) is 5.69 Å². The third kappa shape index (κ3) is 3.41. The second kappa shape index (κ2) is 5.98. The Kier molecular flexibility index (Phi) is 4.34. The van der Waals surface area contributed by atoms with Crippen LogP contribution < -0.4 is 11.1 Å². The SMILES string of the molecule is CNC(Cc1cnccc1N)CC1CCCO1. The summed E-state index contributed by atoms with van der Waals surface area (Å²) in [6.45, 7) is 0.913. The highest BCUT2D eigenvalue weighted by molar-refractivity contribution is 5.44. The fourth-order valence-electron chi connectivity index (χ4n) is 2.32. The average Bonchev–Trinajstić information content (AvgIpc) is 2.84. The highest BCUT2D eigenvalue weighted by Crippen LogP contribution is 2.20. The number of ether oxygens (including phenoxy) is 1. The van der Waals surface area contributed by atoms with Crippen molar-refractivity contribution in [3.05, 3.63) is 24.0 Å². The number of aromatic nitrogens is 1. The van der Waals surface area contributed by atoms with Gasteiger partial charge in [-0.3, -0.25) is 4.98 Å². The zero-order valence-corrected chi connectivity index (χ0v) is 10.4. The lowest BCUT2D eigenvalue weighted by Crippen LogP contribution is -2.32. The van der Waals surface area contributed by atoms with Crippen molar-refractivity contribution in [2.24, 2.45) is 0 Å². The van der Waals surface area contributed by atoms with Gasteiger partial charge >= 0.3 is 0 Å². The van der Waals surface area contributed by atoms with Gasteiger partial charge in [-0.15, -0.1) is 0 Å². The summed E-state index contributed by atoms with van der Waals surface area (Å²) in [5, 5.41) is 3.34. The Morgan fingerprint density at radius 1 is 1.65 bits per heavy atom. The van der Waals surface area contributed by atoms with Crippen molar-refractivity contribution in [3.63, 3.8) is 0 Å². The van der Waals surface area contributed by atoms with E-state index >= 15 is 0 Å². The second-order valence-electron chi connectivity index (χ2n) is 4.63. The minimum absolute atomic E-state index is 0.407. The van der Waals surface area contributed by atoms with E-state index in [4.69, 9.17) is 10.5 Å². The van der Waals surface area contributed by atoms with E-state index in [1.165, 1.54) is 12.8 Å². The minimum atomic E-state index is 0.407. The number of nitrogens with one attached hydrogen (secondary N) is 1. The smallest absolute Gasteiger partial charge is 0.0590 e. The molecule has 1 fully saturated rings. The van der Waals surface area contributed by atoms with E-state index in [1.807, 2.05) is 19.3 Å². The molecule has 17 heavy (non-hydrogen) atoms. The van der Waals surface area contributed by atoms with Gasteiger partial charge in [0.2, 0.25) is 0 Å². The number of anilines is 1. The molecule has 1 aliphatic heterocycles. The third-order valence-electron chi connectivity index (χ3n) is 3.39. The van der Waals surface area contributed by atoms with E-state index in [1.54, 1.807) is 6.20 Å². The van der Waals surface area contributed by atoms with Crippen molar-refractivity contribution in [2.75, 3.05) is 19.4 Å². The first-order chi connectivity index (χ1) is 8.29. The fraction of sp³-hybridized carbons (Fsp3) is 0.615. The predicted molar refractivity (Wildman–Crippen MR) is 68.8 cm³/mol. The molecule has 4 nitrogen and oxygen atoms in total. The highest BCUT2D eigenvalue weighted by Gasteiger charge is 2.20. The van der Waals surface area contributed by atoms with Crippen molar-refractivity contribution in [1.82, 2.24) is 10.3 Å². The molecule has 0 amide bonds. The molecule has 2 unspecified atom stereocenters. The van der Waals surface area contributed by atoms with Gasteiger partial charge in [0.1, 0.15) is 0 Å². The third-order valence-corrected chi connectivity index (χ3v) is 3.39. The van der Waals surface area contributed by atoms with Crippen LogP contribution in [0, 0.1) is 0 Å². The summed E-state index contributed by atoms with van der Waals surface area (Å²) in [5.74, 6) is 0. The van der Waals surface area contributed by atoms with E-state index in [9.17, 15) is 0 Å². The predicted octanol–water partition coefficient (Wildman–Crippen LogP) is 1.36. The molecular weight excluding hydrogens is 214 g/mol. The monoisotopic (exact) mass is 235 g/mol. The lowest BCUT2D eigenvalue weighted by Gasteiger charge is -2.20. The van der Waals surface area contributed by atoms with Crippen molar-refractivity contribution >= 4 is 5.69 Å². The van der Waals surface area contributed by atoms with E-state index in [0.29, 0.717) is 12.1 Å². The van der Waals surface area contributed by atoms with Gasteiger partial charge in [0.05, 0.1) is 6.10 Å². The number of nitrogen functional groups attached to an aromatic ring is 1. The van der Waals surface area contributed by atoms with Gasteiger partial charge in [0.25, 0.3) is 0 Å². The first-order valence-electron chi connectivity index (χ1n) is 6.27. The molecule has 0 aromatic carbocycles. The van der Waals surface area contributed by atoms with Crippen LogP contribution in [0.1, 0.15) is 24.8 Å². The first-order valence-corrected chi connectivity index (χ1v) is 6.27. The Labute approximate surface area is 103 Å². The summed E-state index contributed by atoms with van der Waals surface area (Å²) in [6, 6.07) is 2.26. The van der Waals surface area contributed by atoms with Crippen molar-refractivity contribution in [3.8, 4) is 0 Å². The van der Waals surface area contributed by atoms with Crippen LogP contribution in [0.3, 0.4) is 0 Å². The number of likely N-dealkylation sites (N-methyl/N-ethyl adjacent to an activating group) is 1. The van der Waals surface area contributed by atoms with Crippen LogP contribution >= 0.6 is 0 Å². The van der Waals surface area contributed by atoms with Crippen LogP contribution in [-0.2, 0) is 11.2 Å². The minimum Gasteiger partial charge on any atom is -0.398 e. The molecule has 2 heterocycles. The van der Waals surface area contributed by atoms with Gasteiger partial charge in [-0.05, 0) is 44.4 Å². The summed E-state index contributed by atoms with van der Waals surface area (Å²) in [6.07, 6.45) is 8.32. The lowest BCUT2D eigenvalue weighted by atomic mass is 9.99. The van der Waals surface area contributed by atoms with E-state index < -0.39 is 0 Å². The Balaban J connectivity index is 1.92. The molecule has 0 spiro atoms. The molecule has 0 radical (unpaired) electrons. The fourth-order valence-corrected chi connectivity index (χ4v) is 2.32. The van der Waals surface area contributed by atoms with Crippen molar-refractivity contribution in [2.45, 2.75) is 37.8 Å². The number of nitrogens with zero attached hydrogens (tertiary/aromatic N) is 1. The van der Waals surface area contributed by atoms with Crippen LogP contribution in [0.25, 0.3) is 0 Å². The largest absolute Gasteiger partial charge is 0.398 e. The number of hydrogen-bond acceptors (Lipinski definition) is 4. The van der Waals surface area contributed by atoms with Gasteiger partial charge in [0, 0.05) is 30.7 Å². The molecule has 3 N–H and O–H groups in total. The summed E-state index contributed by atoms with van der Waals surface area (Å²) in [4.78, 5) is 4.13. The molecule has 0 aliphatic carbocycles. The number of rotatable bonds is 5. The van der Waals surface area contributed by atoms with Crippen molar-refractivity contribution < 1.29 is 4.74 Å². The Hall–Kier alpha value is -1.13. The summed E-state index contributed by atoms with van der Waals surface area (Å²) in [5.41, 5.74) is 7.87. The van der Waals surface area contributed by atoms with Gasteiger partial charge in [0.15, 0.2) is 0 Å². The van der Waals surface area contributed by atoms with Gasteiger partial charge < -0.3 is 15.8 Å². The maximum atomic E-state index is 5.93. The summed E-state index contributed by atoms with van der Waals surface area (Å²) >= 11 is 0. The zero-order valence-electron chi connectivity index (χ0n) is 10.4. The topological polar surface area (TPSA) is 60.2 Å². The molecular formula is C13H21N3O. The van der Waals surface area contributed by atoms with Crippen molar-refractivity contribution in [1.29, 1.82) is 0 Å². The molecule has 4 heteroatoms. The number of hydrogen-bond donors (Lipinski definition) is 2. The van der Waals surface area contributed by atoms with Crippen LogP contribution in [-0.4, -0.2) is 30.8 Å². The van der Waals surface area contributed by atoms with E-state index in [-0.39, 0.29) is 0 Å². The molecule has 1 aliphatic rings.